The van der Waals surface area contributed by atoms with Crippen LogP contribution in [0.3, 0.4) is 0 Å². The van der Waals surface area contributed by atoms with Crippen molar-refractivity contribution < 1.29 is 0 Å². The molecule has 0 atom stereocenters. The third-order valence-corrected chi connectivity index (χ3v) is 14.2. The zero-order valence-electron chi connectivity index (χ0n) is 39.2. The molecule has 0 bridgehead atoms. The number of hydrogen-bond donors (Lipinski definition) is 0. The average molecular weight is 803 g/mol. The molecule has 312 valence electrons. The molecular weight excluding hydrogens is 737 g/mol. The summed E-state index contributed by atoms with van der Waals surface area (Å²) in [4.78, 5) is 0. The highest BCUT2D eigenvalue weighted by molar-refractivity contribution is 5.83. The van der Waals surface area contributed by atoms with Crippen LogP contribution in [0, 0.1) is 106 Å². The van der Waals surface area contributed by atoms with Gasteiger partial charge in [0.15, 0.2) is 0 Å². The molecule has 0 saturated heterocycles. The molecule has 0 N–H and O–H groups in total. The van der Waals surface area contributed by atoms with Gasteiger partial charge in [0.25, 0.3) is 0 Å². The molecule has 0 aliphatic rings. The van der Waals surface area contributed by atoms with Crippen molar-refractivity contribution in [3.8, 4) is 56.6 Å². The lowest BCUT2D eigenvalue weighted by molar-refractivity contribution is 0.578. The molecule has 0 spiro atoms. The number of benzene rings is 6. The first-order valence-electron chi connectivity index (χ1n) is 22.6. The molecule has 6 aromatic rings. The Balaban J connectivity index is 0.980. The fourth-order valence-corrected chi connectivity index (χ4v) is 10.1. The molecule has 2 heteroatoms. The monoisotopic (exact) mass is 803 g/mol. The first kappa shape index (κ1) is 44.8. The predicted octanol–water partition coefficient (Wildman–Crippen LogP) is 16.3. The molecule has 0 aliphatic heterocycles. The Morgan fingerprint density at radius 3 is 0.869 bits per heavy atom. The summed E-state index contributed by atoms with van der Waals surface area (Å²) in [5.41, 5.74) is 30.3. The molecule has 0 unspecified atom stereocenters. The highest BCUT2D eigenvalue weighted by atomic mass is 14.3. The van der Waals surface area contributed by atoms with Gasteiger partial charge in [-0.1, -0.05) is 80.6 Å². The molecule has 0 fully saturated rings. The normalized spacial score (nSPS) is 11.2. The number of unbranched alkanes of at least 4 members (excludes halogenated alkanes) is 6. The molecule has 0 amide bonds. The smallest absolute Gasteiger partial charge is 0.0991 e. The second-order valence-electron chi connectivity index (χ2n) is 18.0. The maximum Gasteiger partial charge on any atom is 0.0991 e. The average Bonchev–Trinajstić information content (AvgIpc) is 3.23. The highest BCUT2D eigenvalue weighted by Crippen LogP contribution is 2.40. The molecule has 0 saturated carbocycles. The van der Waals surface area contributed by atoms with Gasteiger partial charge < -0.3 is 0 Å². The first-order valence-corrected chi connectivity index (χ1v) is 22.6. The fourth-order valence-electron chi connectivity index (χ4n) is 10.1. The third-order valence-electron chi connectivity index (χ3n) is 14.2. The molecular formula is C59H66N2. The van der Waals surface area contributed by atoms with Crippen LogP contribution in [0.2, 0.25) is 0 Å². The Bertz CT molecular complexity index is 2470. The van der Waals surface area contributed by atoms with Crippen molar-refractivity contribution in [1.29, 1.82) is 10.5 Å². The second-order valence-corrected chi connectivity index (χ2v) is 18.0. The van der Waals surface area contributed by atoms with Gasteiger partial charge in [-0.15, -0.1) is 0 Å². The van der Waals surface area contributed by atoms with Crippen LogP contribution in [-0.2, 0) is 12.8 Å². The van der Waals surface area contributed by atoms with E-state index in [2.05, 4.69) is 144 Å². The van der Waals surface area contributed by atoms with Crippen LogP contribution < -0.4 is 0 Å². The van der Waals surface area contributed by atoms with Crippen LogP contribution in [0.15, 0.2) is 72.8 Å². The standard InChI is InChI=1S/C59H66N2/c1-36-30-48(34-60)31-37(2)58(36)56-28-26-54(44(9)46(56)11)52-24-22-50(40(5)42(52)7)20-18-16-14-13-15-17-19-21-51-23-25-53(43(8)41(51)6)55-27-29-57(47(12)45(55)10)59-38(3)32-49(35-61)33-39(59)4/h22-33H,13-21H2,1-12H3. The van der Waals surface area contributed by atoms with Gasteiger partial charge in [0.2, 0.25) is 0 Å². The van der Waals surface area contributed by atoms with Crippen molar-refractivity contribution in [2.75, 3.05) is 0 Å². The lowest BCUT2D eigenvalue weighted by Crippen LogP contribution is -1.99. The van der Waals surface area contributed by atoms with Crippen molar-refractivity contribution in [2.24, 2.45) is 0 Å². The summed E-state index contributed by atoms with van der Waals surface area (Å²) in [7, 11) is 0. The van der Waals surface area contributed by atoms with Crippen molar-refractivity contribution in [2.45, 2.75) is 141 Å². The van der Waals surface area contributed by atoms with Gasteiger partial charge in [0, 0.05) is 0 Å². The number of aryl methyl sites for hydroxylation is 6. The summed E-state index contributed by atoms with van der Waals surface area (Å²) in [6, 6.07) is 31.3. The molecule has 0 heterocycles. The van der Waals surface area contributed by atoms with Crippen molar-refractivity contribution in [3.63, 3.8) is 0 Å². The van der Waals surface area contributed by atoms with Crippen molar-refractivity contribution in [3.05, 3.63) is 162 Å². The van der Waals surface area contributed by atoms with Crippen LogP contribution in [0.1, 0.15) is 134 Å². The zero-order chi connectivity index (χ0) is 44.1. The largest absolute Gasteiger partial charge is 0.192 e. The van der Waals surface area contributed by atoms with Gasteiger partial charge in [-0.25, -0.2) is 0 Å². The number of nitriles is 2. The van der Waals surface area contributed by atoms with E-state index < -0.39 is 0 Å². The molecule has 0 radical (unpaired) electrons. The second kappa shape index (κ2) is 19.3. The van der Waals surface area contributed by atoms with Crippen molar-refractivity contribution >= 4 is 0 Å². The summed E-state index contributed by atoms with van der Waals surface area (Å²) < 4.78 is 0. The number of nitrogens with zero attached hydrogens (tertiary/aromatic N) is 2. The summed E-state index contributed by atoms with van der Waals surface area (Å²) in [6.07, 6.45) is 11.3. The van der Waals surface area contributed by atoms with Crippen LogP contribution in [0.4, 0.5) is 0 Å². The van der Waals surface area contributed by atoms with Crippen LogP contribution in [0.5, 0.6) is 0 Å². The van der Waals surface area contributed by atoms with E-state index in [1.807, 2.05) is 24.3 Å². The Morgan fingerprint density at radius 2 is 0.557 bits per heavy atom. The van der Waals surface area contributed by atoms with E-state index in [-0.39, 0.29) is 0 Å². The van der Waals surface area contributed by atoms with Gasteiger partial charge in [-0.3, -0.25) is 0 Å². The lowest BCUT2D eigenvalue weighted by Gasteiger charge is -2.20. The third kappa shape index (κ3) is 9.31. The van der Waals surface area contributed by atoms with E-state index in [0.717, 1.165) is 46.2 Å². The minimum Gasteiger partial charge on any atom is -0.192 e. The number of hydrogen-bond acceptors (Lipinski definition) is 2. The minimum atomic E-state index is 0.725. The molecule has 0 aromatic heterocycles. The maximum atomic E-state index is 9.45. The van der Waals surface area contributed by atoms with Gasteiger partial charge in [-0.05, 0) is 255 Å². The van der Waals surface area contributed by atoms with Crippen LogP contribution in [-0.4, -0.2) is 0 Å². The molecule has 61 heavy (non-hydrogen) atoms. The summed E-state index contributed by atoms with van der Waals surface area (Å²) in [5.74, 6) is 0. The van der Waals surface area contributed by atoms with Gasteiger partial charge >= 0.3 is 0 Å². The van der Waals surface area contributed by atoms with Crippen LogP contribution in [0.25, 0.3) is 44.5 Å². The Hall–Kier alpha value is -5.70. The van der Waals surface area contributed by atoms with E-state index in [4.69, 9.17) is 0 Å². The van der Waals surface area contributed by atoms with Crippen molar-refractivity contribution in [1.82, 2.24) is 0 Å². The quantitative estimate of drug-likeness (QED) is 0.103. The molecule has 6 aromatic carbocycles. The lowest BCUT2D eigenvalue weighted by atomic mass is 9.84. The Labute approximate surface area is 368 Å². The first-order chi connectivity index (χ1) is 29.2. The van der Waals surface area contributed by atoms with Gasteiger partial charge in [-0.2, -0.15) is 10.5 Å². The summed E-state index contributed by atoms with van der Waals surface area (Å²) in [6.45, 7) is 26.7. The van der Waals surface area contributed by atoms with E-state index in [9.17, 15) is 10.5 Å². The maximum absolute atomic E-state index is 9.45. The van der Waals surface area contributed by atoms with E-state index in [1.165, 1.54) is 145 Å². The Morgan fingerprint density at radius 1 is 0.311 bits per heavy atom. The number of rotatable bonds is 14. The molecule has 6 rings (SSSR count). The summed E-state index contributed by atoms with van der Waals surface area (Å²) >= 11 is 0. The highest BCUT2D eigenvalue weighted by Gasteiger charge is 2.18. The van der Waals surface area contributed by atoms with E-state index in [0.29, 0.717) is 0 Å². The predicted molar refractivity (Wildman–Crippen MR) is 261 cm³/mol. The minimum absolute atomic E-state index is 0.725. The van der Waals surface area contributed by atoms with E-state index in [1.54, 1.807) is 0 Å². The fraction of sp³-hybridized carbons (Fsp3) is 0.356. The Kier molecular flexibility index (Phi) is 14.2. The van der Waals surface area contributed by atoms with Gasteiger partial charge in [0.05, 0.1) is 23.3 Å². The van der Waals surface area contributed by atoms with Crippen LogP contribution >= 0.6 is 0 Å². The zero-order valence-corrected chi connectivity index (χ0v) is 39.2. The SMILES string of the molecule is Cc1cc(C#N)cc(C)c1-c1ccc(-c2ccc(CCCCCCCCCc3ccc(-c4ccc(-c5c(C)cc(C#N)cc5C)c(C)c4C)c(C)c3C)c(C)c2C)c(C)c1C. The molecule has 0 aliphatic carbocycles. The van der Waals surface area contributed by atoms with Gasteiger partial charge in [0.1, 0.15) is 0 Å². The molecule has 2 nitrogen and oxygen atoms in total. The topological polar surface area (TPSA) is 47.6 Å². The van der Waals surface area contributed by atoms with E-state index >= 15 is 0 Å². The summed E-state index contributed by atoms with van der Waals surface area (Å²) in [5, 5.41) is 18.9.